The Balaban J connectivity index is 2.01. The van der Waals surface area contributed by atoms with Crippen LogP contribution in [0.4, 0.5) is 8.78 Å². The zero-order valence-corrected chi connectivity index (χ0v) is 11.8. The van der Waals surface area contributed by atoms with Gasteiger partial charge in [0.25, 0.3) is 0 Å². The number of carbonyl (C=O) groups excluding carboxylic acids is 1. The van der Waals surface area contributed by atoms with Gasteiger partial charge in [0.2, 0.25) is 5.91 Å². The van der Waals surface area contributed by atoms with E-state index < -0.39 is 17.5 Å². The number of primary amides is 1. The van der Waals surface area contributed by atoms with Gasteiger partial charge in [0.05, 0.1) is 5.02 Å². The molecule has 0 aliphatic carbocycles. The van der Waals surface area contributed by atoms with E-state index in [0.29, 0.717) is 12.1 Å². The Morgan fingerprint density at radius 1 is 1.10 bits per heavy atom. The quantitative estimate of drug-likeness (QED) is 0.892. The highest BCUT2D eigenvalue weighted by Gasteiger charge is 2.07. The van der Waals surface area contributed by atoms with E-state index in [4.69, 9.17) is 17.3 Å². The fourth-order valence-corrected chi connectivity index (χ4v) is 2.06. The van der Waals surface area contributed by atoms with E-state index in [9.17, 15) is 13.6 Å². The van der Waals surface area contributed by atoms with Crippen LogP contribution in [0.3, 0.4) is 0 Å². The Kier molecular flexibility index (Phi) is 4.88. The van der Waals surface area contributed by atoms with Crippen LogP contribution in [-0.4, -0.2) is 5.91 Å². The molecule has 0 aliphatic heterocycles. The van der Waals surface area contributed by atoms with Gasteiger partial charge in [-0.05, 0) is 35.9 Å². The minimum absolute atomic E-state index is 0.0382. The highest BCUT2D eigenvalue weighted by molar-refractivity contribution is 6.30. The number of amides is 1. The summed E-state index contributed by atoms with van der Waals surface area (Å²) in [5.74, 6) is -1.52. The van der Waals surface area contributed by atoms with Crippen molar-refractivity contribution in [3.05, 3.63) is 69.7 Å². The Bertz CT molecular complexity index is 677. The van der Waals surface area contributed by atoms with Crippen LogP contribution in [0.25, 0.3) is 0 Å². The van der Waals surface area contributed by atoms with Gasteiger partial charge in [-0.2, -0.15) is 0 Å². The summed E-state index contributed by atoms with van der Waals surface area (Å²) >= 11 is 5.68. The van der Waals surface area contributed by atoms with Crippen LogP contribution in [0.5, 0.6) is 0 Å². The van der Waals surface area contributed by atoms with Gasteiger partial charge in [-0.25, -0.2) is 8.78 Å². The van der Waals surface area contributed by atoms with Crippen molar-refractivity contribution in [3.63, 3.8) is 0 Å². The Labute approximate surface area is 125 Å². The fourth-order valence-electron chi connectivity index (χ4n) is 1.85. The van der Waals surface area contributed by atoms with Crippen LogP contribution in [0.1, 0.15) is 21.5 Å². The maximum Gasteiger partial charge on any atom is 0.248 e. The molecule has 0 radical (unpaired) electrons. The first-order valence-electron chi connectivity index (χ1n) is 6.20. The second-order valence-electron chi connectivity index (χ2n) is 4.52. The molecule has 0 bridgehead atoms. The summed E-state index contributed by atoms with van der Waals surface area (Å²) in [6.45, 7) is 0.599. The number of halogens is 3. The topological polar surface area (TPSA) is 55.1 Å². The van der Waals surface area contributed by atoms with E-state index in [2.05, 4.69) is 5.32 Å². The first-order valence-corrected chi connectivity index (χ1v) is 6.58. The lowest BCUT2D eigenvalue weighted by molar-refractivity contribution is 0.1000. The van der Waals surface area contributed by atoms with E-state index in [1.807, 2.05) is 0 Å². The number of nitrogens with two attached hydrogens (primary N) is 1. The predicted octanol–water partition coefficient (Wildman–Crippen LogP) is 3.01. The normalized spacial score (nSPS) is 10.6. The average molecular weight is 311 g/mol. The molecule has 0 aliphatic rings. The first-order chi connectivity index (χ1) is 9.97. The van der Waals surface area contributed by atoms with Gasteiger partial charge >= 0.3 is 0 Å². The molecule has 0 saturated heterocycles. The minimum Gasteiger partial charge on any atom is -0.366 e. The molecular formula is C15H13ClF2N2O. The zero-order valence-electron chi connectivity index (χ0n) is 11.0. The van der Waals surface area contributed by atoms with Crippen LogP contribution in [0.15, 0.2) is 36.4 Å². The SMILES string of the molecule is NC(=O)c1ccc(F)c(CNCc2ccc(F)c(Cl)c2)c1. The number of hydrogen-bond acceptors (Lipinski definition) is 2. The van der Waals surface area contributed by atoms with E-state index in [1.165, 1.54) is 30.3 Å². The van der Waals surface area contributed by atoms with Crippen molar-refractivity contribution in [3.8, 4) is 0 Å². The van der Waals surface area contributed by atoms with Crippen LogP contribution in [0, 0.1) is 11.6 Å². The predicted molar refractivity (Wildman–Crippen MR) is 76.9 cm³/mol. The number of benzene rings is 2. The first kappa shape index (κ1) is 15.4. The Hall–Kier alpha value is -1.98. The molecule has 2 aromatic carbocycles. The van der Waals surface area contributed by atoms with Crippen molar-refractivity contribution in [2.24, 2.45) is 5.73 Å². The van der Waals surface area contributed by atoms with E-state index in [-0.39, 0.29) is 17.1 Å². The Morgan fingerprint density at radius 2 is 1.81 bits per heavy atom. The van der Waals surface area contributed by atoms with Gasteiger partial charge < -0.3 is 11.1 Å². The monoisotopic (exact) mass is 310 g/mol. The number of carbonyl (C=O) groups is 1. The lowest BCUT2D eigenvalue weighted by Gasteiger charge is -2.08. The molecule has 0 atom stereocenters. The molecule has 0 fully saturated rings. The van der Waals surface area contributed by atoms with Gasteiger partial charge in [0, 0.05) is 24.2 Å². The molecule has 3 N–H and O–H groups in total. The summed E-state index contributed by atoms with van der Waals surface area (Å²) in [6, 6.07) is 8.30. The molecule has 2 aromatic rings. The highest BCUT2D eigenvalue weighted by Crippen LogP contribution is 2.16. The third kappa shape index (κ3) is 4.00. The molecule has 0 saturated carbocycles. The smallest absolute Gasteiger partial charge is 0.248 e. The molecule has 110 valence electrons. The zero-order chi connectivity index (χ0) is 15.4. The van der Waals surface area contributed by atoms with Crippen molar-refractivity contribution in [1.29, 1.82) is 0 Å². The lowest BCUT2D eigenvalue weighted by Crippen LogP contribution is -2.16. The van der Waals surface area contributed by atoms with Crippen molar-refractivity contribution in [2.45, 2.75) is 13.1 Å². The second-order valence-corrected chi connectivity index (χ2v) is 4.93. The summed E-state index contributed by atoms with van der Waals surface area (Å²) < 4.78 is 26.6. The molecule has 6 heteroatoms. The van der Waals surface area contributed by atoms with Crippen LogP contribution >= 0.6 is 11.6 Å². The van der Waals surface area contributed by atoms with Gasteiger partial charge in [0.15, 0.2) is 0 Å². The summed E-state index contributed by atoms with van der Waals surface area (Å²) in [6.07, 6.45) is 0. The number of hydrogen-bond donors (Lipinski definition) is 2. The van der Waals surface area contributed by atoms with E-state index in [0.717, 1.165) is 5.56 Å². The maximum atomic E-state index is 13.6. The van der Waals surface area contributed by atoms with Crippen LogP contribution < -0.4 is 11.1 Å². The van der Waals surface area contributed by atoms with Gasteiger partial charge in [-0.3, -0.25) is 4.79 Å². The number of nitrogens with one attached hydrogen (secondary N) is 1. The van der Waals surface area contributed by atoms with Gasteiger partial charge in [0.1, 0.15) is 11.6 Å². The van der Waals surface area contributed by atoms with E-state index in [1.54, 1.807) is 6.07 Å². The third-order valence-electron chi connectivity index (χ3n) is 2.96. The maximum absolute atomic E-state index is 13.6. The van der Waals surface area contributed by atoms with Crippen molar-refractivity contribution in [1.82, 2.24) is 5.32 Å². The fraction of sp³-hybridized carbons (Fsp3) is 0.133. The molecule has 21 heavy (non-hydrogen) atoms. The molecule has 1 amide bonds. The number of rotatable bonds is 5. The molecule has 2 rings (SSSR count). The molecule has 0 spiro atoms. The van der Waals surface area contributed by atoms with Gasteiger partial charge in [-0.15, -0.1) is 0 Å². The summed E-state index contributed by atoms with van der Waals surface area (Å²) in [5, 5.41) is 3.04. The van der Waals surface area contributed by atoms with Gasteiger partial charge in [-0.1, -0.05) is 17.7 Å². The van der Waals surface area contributed by atoms with Crippen LogP contribution in [0.2, 0.25) is 5.02 Å². The molecule has 0 unspecified atom stereocenters. The summed E-state index contributed by atoms with van der Waals surface area (Å²) in [7, 11) is 0. The van der Waals surface area contributed by atoms with E-state index >= 15 is 0 Å². The van der Waals surface area contributed by atoms with Crippen molar-refractivity contribution >= 4 is 17.5 Å². The Morgan fingerprint density at radius 3 is 2.48 bits per heavy atom. The molecular weight excluding hydrogens is 298 g/mol. The second kappa shape index (κ2) is 6.65. The van der Waals surface area contributed by atoms with Crippen molar-refractivity contribution in [2.75, 3.05) is 0 Å². The standard InChI is InChI=1S/C15H13ClF2N2O/c16-12-5-9(1-3-14(12)18)7-20-8-11-6-10(15(19)21)2-4-13(11)17/h1-6,20H,7-8H2,(H2,19,21). The average Bonchev–Trinajstić information content (AvgIpc) is 2.44. The minimum atomic E-state index is -0.610. The third-order valence-corrected chi connectivity index (χ3v) is 3.25. The summed E-state index contributed by atoms with van der Waals surface area (Å²) in [4.78, 5) is 11.1. The summed E-state index contributed by atoms with van der Waals surface area (Å²) in [5.41, 5.74) is 6.50. The van der Waals surface area contributed by atoms with Crippen molar-refractivity contribution < 1.29 is 13.6 Å². The van der Waals surface area contributed by atoms with Crippen LogP contribution in [-0.2, 0) is 13.1 Å². The lowest BCUT2D eigenvalue weighted by atomic mass is 10.1. The largest absolute Gasteiger partial charge is 0.366 e. The highest BCUT2D eigenvalue weighted by atomic mass is 35.5. The molecule has 0 aromatic heterocycles. The molecule has 0 heterocycles. The molecule has 3 nitrogen and oxygen atoms in total.